The number of ether oxygens (including phenoxy) is 2. The van der Waals surface area contributed by atoms with E-state index >= 15 is 0 Å². The maximum absolute atomic E-state index is 6.11. The predicted molar refractivity (Wildman–Crippen MR) is 74.8 cm³/mol. The zero-order chi connectivity index (χ0) is 13.0. The molecule has 1 aromatic rings. The lowest BCUT2D eigenvalue weighted by Crippen LogP contribution is -2.20. The van der Waals surface area contributed by atoms with E-state index in [9.17, 15) is 0 Å². The second-order valence-electron chi connectivity index (χ2n) is 4.69. The Morgan fingerprint density at radius 2 is 2.17 bits per heavy atom. The van der Waals surface area contributed by atoms with E-state index in [0.29, 0.717) is 6.04 Å². The van der Waals surface area contributed by atoms with Gasteiger partial charge >= 0.3 is 0 Å². The second-order valence-corrected chi connectivity index (χ2v) is 5.09. The Kier molecular flexibility index (Phi) is 4.72. The number of aryl methyl sites for hydroxylation is 1. The number of hydrogen-bond acceptors (Lipinski definition) is 3. The summed E-state index contributed by atoms with van der Waals surface area (Å²) in [5, 5.41) is 4.28. The van der Waals surface area contributed by atoms with Crippen molar-refractivity contribution in [2.75, 3.05) is 25.6 Å². The Balaban J connectivity index is 2.14. The van der Waals surface area contributed by atoms with Crippen LogP contribution in [0.1, 0.15) is 24.8 Å². The molecule has 0 amide bonds. The molecule has 1 aromatic carbocycles. The molecule has 2 rings (SSSR count). The maximum atomic E-state index is 6.11. The minimum Gasteiger partial charge on any atom is -0.495 e. The van der Waals surface area contributed by atoms with Gasteiger partial charge in [-0.25, -0.2) is 0 Å². The van der Waals surface area contributed by atoms with Gasteiger partial charge in [-0.15, -0.1) is 0 Å². The lowest BCUT2D eigenvalue weighted by Gasteiger charge is -2.20. The molecule has 3 nitrogen and oxygen atoms in total. The van der Waals surface area contributed by atoms with Gasteiger partial charge in [0.2, 0.25) is 0 Å². The summed E-state index contributed by atoms with van der Waals surface area (Å²) in [5.41, 5.74) is 2.08. The molecule has 1 unspecified atom stereocenters. The molecular formula is C14H20ClNO2. The highest BCUT2D eigenvalue weighted by Gasteiger charge is 2.15. The van der Waals surface area contributed by atoms with Crippen molar-refractivity contribution < 1.29 is 9.47 Å². The number of anilines is 1. The number of nitrogens with one attached hydrogen (secondary N) is 1. The van der Waals surface area contributed by atoms with Crippen LogP contribution < -0.4 is 10.1 Å². The van der Waals surface area contributed by atoms with Crippen LogP contribution in [0.4, 0.5) is 5.69 Å². The quantitative estimate of drug-likeness (QED) is 0.909. The molecule has 1 N–H and O–H groups in total. The Morgan fingerprint density at radius 3 is 2.94 bits per heavy atom. The molecule has 0 spiro atoms. The summed E-state index contributed by atoms with van der Waals surface area (Å²) in [4.78, 5) is 0. The van der Waals surface area contributed by atoms with E-state index in [2.05, 4.69) is 5.32 Å². The van der Waals surface area contributed by atoms with Gasteiger partial charge in [-0.3, -0.25) is 0 Å². The molecule has 0 aromatic heterocycles. The number of rotatable bonds is 3. The van der Waals surface area contributed by atoms with E-state index in [1.165, 1.54) is 0 Å². The lowest BCUT2D eigenvalue weighted by atomic mass is 10.1. The van der Waals surface area contributed by atoms with Crippen LogP contribution in [0, 0.1) is 6.92 Å². The fraction of sp³-hybridized carbons (Fsp3) is 0.571. The van der Waals surface area contributed by atoms with E-state index in [4.69, 9.17) is 21.1 Å². The Labute approximate surface area is 113 Å². The summed E-state index contributed by atoms with van der Waals surface area (Å²) in [7, 11) is 1.67. The van der Waals surface area contributed by atoms with Gasteiger partial charge in [0.25, 0.3) is 0 Å². The second kappa shape index (κ2) is 6.30. The van der Waals surface area contributed by atoms with Crippen LogP contribution in [-0.4, -0.2) is 26.4 Å². The van der Waals surface area contributed by atoms with Crippen molar-refractivity contribution in [1.29, 1.82) is 0 Å². The van der Waals surface area contributed by atoms with E-state index in [1.807, 2.05) is 19.1 Å². The minimum absolute atomic E-state index is 0.446. The van der Waals surface area contributed by atoms with Crippen LogP contribution in [0.25, 0.3) is 0 Å². The highest BCUT2D eigenvalue weighted by Crippen LogP contribution is 2.32. The average molecular weight is 270 g/mol. The van der Waals surface area contributed by atoms with Crippen LogP contribution >= 0.6 is 11.6 Å². The smallest absolute Gasteiger partial charge is 0.143 e. The van der Waals surface area contributed by atoms with E-state index < -0.39 is 0 Å². The van der Waals surface area contributed by atoms with Gasteiger partial charge in [-0.2, -0.15) is 0 Å². The molecule has 1 aliphatic rings. The van der Waals surface area contributed by atoms with Gasteiger partial charge in [0.05, 0.1) is 12.8 Å². The van der Waals surface area contributed by atoms with Crippen molar-refractivity contribution in [3.8, 4) is 5.75 Å². The van der Waals surface area contributed by atoms with Crippen molar-refractivity contribution in [3.63, 3.8) is 0 Å². The average Bonchev–Trinajstić information content (AvgIpc) is 2.62. The summed E-state index contributed by atoms with van der Waals surface area (Å²) < 4.78 is 10.8. The van der Waals surface area contributed by atoms with Crippen LogP contribution in [0.2, 0.25) is 5.02 Å². The SMILES string of the molecule is COc1cc(Cl)c(C)cc1NC1CCCOCC1. The Hall–Kier alpha value is -0.930. The first-order valence-corrected chi connectivity index (χ1v) is 6.77. The first-order chi connectivity index (χ1) is 8.70. The molecule has 0 radical (unpaired) electrons. The highest BCUT2D eigenvalue weighted by molar-refractivity contribution is 6.31. The zero-order valence-electron chi connectivity index (χ0n) is 11.0. The molecule has 4 heteroatoms. The monoisotopic (exact) mass is 269 g/mol. The third-order valence-electron chi connectivity index (χ3n) is 3.29. The van der Waals surface area contributed by atoms with E-state index in [-0.39, 0.29) is 0 Å². The first-order valence-electron chi connectivity index (χ1n) is 6.39. The molecular weight excluding hydrogens is 250 g/mol. The summed E-state index contributed by atoms with van der Waals surface area (Å²) in [6, 6.07) is 4.36. The largest absolute Gasteiger partial charge is 0.495 e. The molecule has 1 fully saturated rings. The van der Waals surface area contributed by atoms with Gasteiger partial charge in [0.15, 0.2) is 0 Å². The summed E-state index contributed by atoms with van der Waals surface area (Å²) in [5.74, 6) is 0.802. The van der Waals surface area contributed by atoms with Crippen LogP contribution in [0.15, 0.2) is 12.1 Å². The van der Waals surface area contributed by atoms with Gasteiger partial charge < -0.3 is 14.8 Å². The van der Waals surface area contributed by atoms with Gasteiger partial charge in [-0.05, 0) is 37.8 Å². The van der Waals surface area contributed by atoms with Gasteiger partial charge in [0.1, 0.15) is 5.75 Å². The number of benzene rings is 1. The zero-order valence-corrected chi connectivity index (χ0v) is 11.7. The minimum atomic E-state index is 0.446. The Bertz CT molecular complexity index is 401. The van der Waals surface area contributed by atoms with Crippen LogP contribution in [-0.2, 0) is 4.74 Å². The fourth-order valence-electron chi connectivity index (χ4n) is 2.21. The number of methoxy groups -OCH3 is 1. The lowest BCUT2D eigenvalue weighted by molar-refractivity contribution is 0.144. The fourth-order valence-corrected chi connectivity index (χ4v) is 2.37. The van der Waals surface area contributed by atoms with Crippen molar-refractivity contribution in [2.45, 2.75) is 32.2 Å². The first kappa shape index (κ1) is 13.5. The number of halogens is 1. The third kappa shape index (κ3) is 3.30. The van der Waals surface area contributed by atoms with Gasteiger partial charge in [-0.1, -0.05) is 11.6 Å². The number of hydrogen-bond donors (Lipinski definition) is 1. The predicted octanol–water partition coefficient (Wildman–Crippen LogP) is 3.64. The van der Waals surface area contributed by atoms with Crippen molar-refractivity contribution in [2.24, 2.45) is 0 Å². The molecule has 0 aliphatic carbocycles. The standard InChI is InChI=1S/C14H20ClNO2/c1-10-8-13(14(17-2)9-12(10)15)16-11-4-3-6-18-7-5-11/h8-9,11,16H,3-7H2,1-2H3. The molecule has 0 bridgehead atoms. The Morgan fingerprint density at radius 1 is 1.33 bits per heavy atom. The maximum Gasteiger partial charge on any atom is 0.143 e. The summed E-state index contributed by atoms with van der Waals surface area (Å²) >= 11 is 6.11. The highest BCUT2D eigenvalue weighted by atomic mass is 35.5. The van der Waals surface area contributed by atoms with Gasteiger partial charge in [0, 0.05) is 30.3 Å². The topological polar surface area (TPSA) is 30.5 Å². The molecule has 18 heavy (non-hydrogen) atoms. The third-order valence-corrected chi connectivity index (χ3v) is 3.70. The van der Waals surface area contributed by atoms with Crippen molar-refractivity contribution in [3.05, 3.63) is 22.7 Å². The summed E-state index contributed by atoms with van der Waals surface area (Å²) in [6.45, 7) is 3.70. The van der Waals surface area contributed by atoms with Crippen LogP contribution in [0.3, 0.4) is 0 Å². The normalized spacial score (nSPS) is 20.3. The molecule has 1 aliphatic heterocycles. The molecule has 100 valence electrons. The molecule has 1 heterocycles. The molecule has 1 atom stereocenters. The van der Waals surface area contributed by atoms with E-state index in [1.54, 1.807) is 7.11 Å². The molecule has 1 saturated heterocycles. The van der Waals surface area contributed by atoms with Crippen LogP contribution in [0.5, 0.6) is 5.75 Å². The van der Waals surface area contributed by atoms with E-state index in [0.717, 1.165) is 54.5 Å². The summed E-state index contributed by atoms with van der Waals surface area (Å²) in [6.07, 6.45) is 3.27. The van der Waals surface area contributed by atoms with Crippen molar-refractivity contribution in [1.82, 2.24) is 0 Å². The van der Waals surface area contributed by atoms with Crippen molar-refractivity contribution >= 4 is 17.3 Å². The molecule has 0 saturated carbocycles.